The molecule has 2 atom stereocenters. The van der Waals surface area contributed by atoms with Crippen LogP contribution in [0.4, 0.5) is 5.82 Å². The molecule has 2 unspecified atom stereocenters. The number of guanidine groups is 1. The predicted molar refractivity (Wildman–Crippen MR) is 135 cm³/mol. The van der Waals surface area contributed by atoms with Gasteiger partial charge in [0, 0.05) is 46.5 Å². The van der Waals surface area contributed by atoms with Crippen LogP contribution in [0.15, 0.2) is 47.6 Å². The van der Waals surface area contributed by atoms with Crippen molar-refractivity contribution in [2.24, 2.45) is 4.99 Å². The van der Waals surface area contributed by atoms with E-state index in [4.69, 9.17) is 4.74 Å². The fourth-order valence-electron chi connectivity index (χ4n) is 3.68. The van der Waals surface area contributed by atoms with Crippen molar-refractivity contribution in [3.63, 3.8) is 0 Å². The Labute approximate surface area is 197 Å². The molecule has 164 valence electrons. The van der Waals surface area contributed by atoms with Crippen molar-refractivity contribution < 1.29 is 4.74 Å². The van der Waals surface area contributed by atoms with Gasteiger partial charge in [0.1, 0.15) is 5.82 Å². The van der Waals surface area contributed by atoms with E-state index in [2.05, 4.69) is 89.3 Å². The van der Waals surface area contributed by atoms with Crippen molar-refractivity contribution in [3.05, 3.63) is 59.3 Å². The predicted octanol–water partition coefficient (Wildman–Crippen LogP) is 3.83. The van der Waals surface area contributed by atoms with Gasteiger partial charge in [-0.25, -0.2) is 4.98 Å². The number of halogens is 1. The number of aryl methyl sites for hydroxylation is 1. The monoisotopic (exact) mass is 523 g/mol. The lowest BCUT2D eigenvalue weighted by Crippen LogP contribution is -2.45. The van der Waals surface area contributed by atoms with Crippen LogP contribution in [0.5, 0.6) is 0 Å². The second-order valence-corrected chi connectivity index (χ2v) is 7.93. The van der Waals surface area contributed by atoms with Crippen LogP contribution in [0.3, 0.4) is 0 Å². The molecule has 1 aromatic carbocycles. The lowest BCUT2D eigenvalue weighted by atomic mass is 10.1. The smallest absolute Gasteiger partial charge is 0.193 e. The Balaban J connectivity index is 0.00000320. The molecule has 0 amide bonds. The Morgan fingerprint density at radius 2 is 1.77 bits per heavy atom. The van der Waals surface area contributed by atoms with Gasteiger partial charge in [0.15, 0.2) is 5.96 Å². The summed E-state index contributed by atoms with van der Waals surface area (Å²) in [5, 5.41) is 3.43. The van der Waals surface area contributed by atoms with Gasteiger partial charge < -0.3 is 19.9 Å². The molecule has 2 aromatic rings. The zero-order valence-corrected chi connectivity index (χ0v) is 21.0. The molecule has 3 rings (SSSR count). The van der Waals surface area contributed by atoms with E-state index in [0.29, 0.717) is 6.54 Å². The number of aliphatic imine (C=N–C) groups is 1. The highest BCUT2D eigenvalue weighted by Crippen LogP contribution is 2.18. The van der Waals surface area contributed by atoms with Crippen LogP contribution in [0, 0.1) is 6.92 Å². The van der Waals surface area contributed by atoms with Crippen molar-refractivity contribution in [2.75, 3.05) is 32.1 Å². The molecular weight excluding hydrogens is 489 g/mol. The highest BCUT2D eigenvalue weighted by atomic mass is 127. The number of nitrogens with one attached hydrogen (secondary N) is 1. The fourth-order valence-corrected chi connectivity index (χ4v) is 3.68. The normalized spacial score (nSPS) is 19.2. The van der Waals surface area contributed by atoms with Crippen molar-refractivity contribution in [3.8, 4) is 0 Å². The van der Waals surface area contributed by atoms with E-state index in [1.165, 1.54) is 11.1 Å². The van der Waals surface area contributed by atoms with E-state index >= 15 is 0 Å². The molecule has 1 aromatic heterocycles. The molecule has 0 aliphatic carbocycles. The standard InChI is InChI=1S/C23H33N5O.HI/c1-17-6-8-20(9-7-17)16-27(5)23(24-4)26-13-21-10-11-22(25-12-21)28-14-18(2)29-19(3)15-28;/h6-12,18-19H,13-16H2,1-5H3,(H,24,26);1H. The maximum Gasteiger partial charge on any atom is 0.193 e. The number of nitrogens with zero attached hydrogens (tertiary/aromatic N) is 4. The van der Waals surface area contributed by atoms with Gasteiger partial charge in [-0.05, 0) is 38.0 Å². The van der Waals surface area contributed by atoms with E-state index in [0.717, 1.165) is 37.0 Å². The van der Waals surface area contributed by atoms with Gasteiger partial charge in [-0.2, -0.15) is 0 Å². The Kier molecular flexibility index (Phi) is 9.36. The van der Waals surface area contributed by atoms with E-state index in [1.54, 1.807) is 0 Å². The molecule has 30 heavy (non-hydrogen) atoms. The van der Waals surface area contributed by atoms with Crippen LogP contribution in [0.1, 0.15) is 30.5 Å². The summed E-state index contributed by atoms with van der Waals surface area (Å²) in [5.41, 5.74) is 3.67. The number of benzene rings is 1. The molecule has 0 spiro atoms. The Bertz CT molecular complexity index is 799. The van der Waals surface area contributed by atoms with Gasteiger partial charge in [0.25, 0.3) is 0 Å². The van der Waals surface area contributed by atoms with Crippen LogP contribution < -0.4 is 10.2 Å². The summed E-state index contributed by atoms with van der Waals surface area (Å²) < 4.78 is 5.81. The highest BCUT2D eigenvalue weighted by molar-refractivity contribution is 14.0. The quantitative estimate of drug-likeness (QED) is 0.367. The van der Waals surface area contributed by atoms with Crippen molar-refractivity contribution in [2.45, 2.75) is 46.1 Å². The Hall–Kier alpha value is -1.87. The van der Waals surface area contributed by atoms with Crippen molar-refractivity contribution >= 4 is 35.8 Å². The summed E-state index contributed by atoms with van der Waals surface area (Å²) in [6.07, 6.45) is 2.41. The van der Waals surface area contributed by atoms with E-state index < -0.39 is 0 Å². The number of pyridine rings is 1. The first-order chi connectivity index (χ1) is 13.9. The van der Waals surface area contributed by atoms with Crippen LogP contribution in [-0.2, 0) is 17.8 Å². The zero-order chi connectivity index (χ0) is 20.8. The number of rotatable bonds is 5. The van der Waals surface area contributed by atoms with Gasteiger partial charge >= 0.3 is 0 Å². The number of ether oxygens (including phenoxy) is 1. The Morgan fingerprint density at radius 1 is 1.13 bits per heavy atom. The first kappa shape index (κ1) is 24.4. The topological polar surface area (TPSA) is 53.0 Å². The number of anilines is 1. The molecule has 6 nitrogen and oxygen atoms in total. The molecule has 1 aliphatic rings. The molecule has 1 N–H and O–H groups in total. The van der Waals surface area contributed by atoms with Gasteiger partial charge in [0.2, 0.25) is 0 Å². The van der Waals surface area contributed by atoms with Crippen molar-refractivity contribution in [1.82, 2.24) is 15.2 Å². The second kappa shape index (κ2) is 11.5. The van der Waals surface area contributed by atoms with E-state index in [9.17, 15) is 0 Å². The number of morpholine rings is 1. The molecule has 1 saturated heterocycles. The van der Waals surface area contributed by atoms with Gasteiger partial charge in [-0.3, -0.25) is 4.99 Å². The van der Waals surface area contributed by atoms with Gasteiger partial charge in [-0.1, -0.05) is 35.9 Å². The number of aromatic nitrogens is 1. The molecular formula is C23H34IN5O. The van der Waals surface area contributed by atoms with E-state index in [1.807, 2.05) is 13.2 Å². The lowest BCUT2D eigenvalue weighted by molar-refractivity contribution is -0.00545. The molecule has 1 aliphatic heterocycles. The largest absolute Gasteiger partial charge is 0.372 e. The fraction of sp³-hybridized carbons (Fsp3) is 0.478. The molecule has 7 heteroatoms. The summed E-state index contributed by atoms with van der Waals surface area (Å²) in [6.45, 7) is 9.59. The van der Waals surface area contributed by atoms with Crippen LogP contribution in [0.2, 0.25) is 0 Å². The third-order valence-electron chi connectivity index (χ3n) is 5.12. The highest BCUT2D eigenvalue weighted by Gasteiger charge is 2.22. The first-order valence-corrected chi connectivity index (χ1v) is 10.3. The number of hydrogen-bond donors (Lipinski definition) is 1. The molecule has 0 saturated carbocycles. The summed E-state index contributed by atoms with van der Waals surface area (Å²) in [5.74, 6) is 1.88. The molecule has 0 bridgehead atoms. The molecule has 2 heterocycles. The second-order valence-electron chi connectivity index (χ2n) is 7.93. The van der Waals surface area contributed by atoms with Crippen LogP contribution in [0.25, 0.3) is 0 Å². The third kappa shape index (κ3) is 6.84. The van der Waals surface area contributed by atoms with Crippen LogP contribution in [-0.4, -0.2) is 55.2 Å². The van der Waals surface area contributed by atoms with Gasteiger partial charge in [0.05, 0.1) is 12.2 Å². The minimum atomic E-state index is 0. The minimum absolute atomic E-state index is 0. The first-order valence-electron chi connectivity index (χ1n) is 10.3. The summed E-state index contributed by atoms with van der Waals surface area (Å²) in [4.78, 5) is 13.5. The maximum absolute atomic E-state index is 5.81. The number of hydrogen-bond acceptors (Lipinski definition) is 4. The Morgan fingerprint density at radius 3 is 2.33 bits per heavy atom. The summed E-state index contributed by atoms with van der Waals surface area (Å²) in [7, 11) is 3.87. The van der Waals surface area contributed by atoms with Gasteiger partial charge in [-0.15, -0.1) is 24.0 Å². The maximum atomic E-state index is 5.81. The molecule has 0 radical (unpaired) electrons. The molecule has 1 fully saturated rings. The average Bonchev–Trinajstić information content (AvgIpc) is 2.70. The average molecular weight is 523 g/mol. The van der Waals surface area contributed by atoms with Crippen molar-refractivity contribution in [1.29, 1.82) is 0 Å². The summed E-state index contributed by atoms with van der Waals surface area (Å²) >= 11 is 0. The zero-order valence-electron chi connectivity index (χ0n) is 18.6. The summed E-state index contributed by atoms with van der Waals surface area (Å²) in [6, 6.07) is 12.8. The minimum Gasteiger partial charge on any atom is -0.372 e. The lowest BCUT2D eigenvalue weighted by Gasteiger charge is -2.36. The SMILES string of the molecule is CN=C(NCc1ccc(N2CC(C)OC(C)C2)nc1)N(C)Cc1ccc(C)cc1.I. The van der Waals surface area contributed by atoms with E-state index in [-0.39, 0.29) is 36.2 Å². The third-order valence-corrected chi connectivity index (χ3v) is 5.12. The van der Waals surface area contributed by atoms with Crippen LogP contribution >= 0.6 is 24.0 Å².